The fraction of sp³-hybridized carbons (Fsp3) is 0.467. The number of hydrogen-bond donors (Lipinski definition) is 1. The van der Waals surface area contributed by atoms with Gasteiger partial charge in [-0.25, -0.2) is 4.39 Å². The van der Waals surface area contributed by atoms with Gasteiger partial charge in [0.2, 0.25) is 5.91 Å². The second kappa shape index (κ2) is 5.30. The Bertz CT molecular complexity index is 599. The average molecular weight is 311 g/mol. The van der Waals surface area contributed by atoms with Gasteiger partial charge >= 0.3 is 0 Å². The van der Waals surface area contributed by atoms with Gasteiger partial charge in [-0.05, 0) is 31.0 Å². The van der Waals surface area contributed by atoms with Gasteiger partial charge in [-0.1, -0.05) is 30.9 Å². The molecule has 2 amide bonds. The van der Waals surface area contributed by atoms with Gasteiger partial charge < -0.3 is 5.32 Å². The molecule has 4 nitrogen and oxygen atoms in total. The number of amides is 2. The van der Waals surface area contributed by atoms with Crippen LogP contribution in [0.3, 0.4) is 0 Å². The van der Waals surface area contributed by atoms with Gasteiger partial charge in [0.05, 0.1) is 10.7 Å². The summed E-state index contributed by atoms with van der Waals surface area (Å²) in [6, 6.07) is 3.85. The van der Waals surface area contributed by atoms with Crippen molar-refractivity contribution in [1.82, 2.24) is 5.32 Å². The van der Waals surface area contributed by atoms with Crippen LogP contribution in [-0.4, -0.2) is 23.9 Å². The number of rotatable bonds is 1. The van der Waals surface area contributed by atoms with Crippen LogP contribution < -0.4 is 10.2 Å². The van der Waals surface area contributed by atoms with Crippen molar-refractivity contribution in [2.24, 2.45) is 0 Å². The molecule has 2 fully saturated rings. The van der Waals surface area contributed by atoms with E-state index in [-0.39, 0.29) is 23.4 Å². The normalized spacial score (nSPS) is 21.5. The molecule has 1 aromatic carbocycles. The third-order valence-electron chi connectivity index (χ3n) is 4.24. The maximum atomic E-state index is 13.2. The lowest BCUT2D eigenvalue weighted by Gasteiger charge is -2.44. The van der Waals surface area contributed by atoms with Gasteiger partial charge in [0.1, 0.15) is 17.9 Å². The molecule has 0 aromatic heterocycles. The summed E-state index contributed by atoms with van der Waals surface area (Å²) in [5.74, 6) is -0.808. The van der Waals surface area contributed by atoms with E-state index in [4.69, 9.17) is 11.6 Å². The van der Waals surface area contributed by atoms with E-state index in [1.54, 1.807) is 0 Å². The zero-order chi connectivity index (χ0) is 15.0. The van der Waals surface area contributed by atoms with E-state index in [0.29, 0.717) is 18.5 Å². The zero-order valence-electron chi connectivity index (χ0n) is 11.5. The van der Waals surface area contributed by atoms with E-state index in [9.17, 15) is 14.0 Å². The van der Waals surface area contributed by atoms with Crippen molar-refractivity contribution in [3.05, 3.63) is 29.0 Å². The minimum Gasteiger partial charge on any atom is -0.340 e. The zero-order valence-corrected chi connectivity index (χ0v) is 12.3. The predicted octanol–water partition coefficient (Wildman–Crippen LogP) is 2.64. The molecule has 1 N–H and O–H groups in total. The first-order valence-electron chi connectivity index (χ1n) is 7.10. The molecule has 1 spiro atoms. The Morgan fingerprint density at radius 3 is 2.57 bits per heavy atom. The number of piperazine rings is 1. The molecular formula is C15H16ClFN2O2. The van der Waals surface area contributed by atoms with Crippen LogP contribution in [0.4, 0.5) is 10.1 Å². The summed E-state index contributed by atoms with van der Waals surface area (Å²) in [5, 5.41) is 3.01. The van der Waals surface area contributed by atoms with E-state index in [2.05, 4.69) is 5.32 Å². The van der Waals surface area contributed by atoms with Crippen molar-refractivity contribution in [3.63, 3.8) is 0 Å². The summed E-state index contributed by atoms with van der Waals surface area (Å²) < 4.78 is 13.2. The highest BCUT2D eigenvalue weighted by molar-refractivity contribution is 6.34. The van der Waals surface area contributed by atoms with Gasteiger partial charge in [-0.3, -0.25) is 14.5 Å². The Hall–Kier alpha value is -1.62. The Kier molecular flexibility index (Phi) is 3.61. The summed E-state index contributed by atoms with van der Waals surface area (Å²) in [6.07, 6.45) is 4.19. The van der Waals surface area contributed by atoms with Crippen LogP contribution in [0.1, 0.15) is 32.1 Å². The molecule has 1 heterocycles. The van der Waals surface area contributed by atoms with Gasteiger partial charge in [0.25, 0.3) is 5.91 Å². The van der Waals surface area contributed by atoms with Crippen LogP contribution in [-0.2, 0) is 9.59 Å². The van der Waals surface area contributed by atoms with Crippen molar-refractivity contribution in [2.75, 3.05) is 11.4 Å². The summed E-state index contributed by atoms with van der Waals surface area (Å²) in [7, 11) is 0. The van der Waals surface area contributed by atoms with Crippen LogP contribution in [0, 0.1) is 5.82 Å². The number of anilines is 1. The molecule has 0 bridgehead atoms. The smallest absolute Gasteiger partial charge is 0.253 e. The number of carbonyl (C=O) groups excluding carboxylic acids is 2. The van der Waals surface area contributed by atoms with Crippen molar-refractivity contribution in [3.8, 4) is 0 Å². The van der Waals surface area contributed by atoms with Gasteiger partial charge in [0, 0.05) is 0 Å². The maximum Gasteiger partial charge on any atom is 0.253 e. The van der Waals surface area contributed by atoms with E-state index >= 15 is 0 Å². The summed E-state index contributed by atoms with van der Waals surface area (Å²) in [5.41, 5.74) is -0.423. The molecule has 1 aliphatic carbocycles. The number of benzene rings is 1. The molecule has 3 rings (SSSR count). The number of hydrogen-bond acceptors (Lipinski definition) is 2. The lowest BCUT2D eigenvalue weighted by atomic mass is 9.79. The number of halogens is 2. The van der Waals surface area contributed by atoms with Crippen LogP contribution in [0.25, 0.3) is 0 Å². The first kappa shape index (κ1) is 14.3. The fourth-order valence-corrected chi connectivity index (χ4v) is 3.49. The van der Waals surface area contributed by atoms with E-state index in [1.165, 1.54) is 17.0 Å². The van der Waals surface area contributed by atoms with Crippen LogP contribution in [0.5, 0.6) is 0 Å². The molecule has 21 heavy (non-hydrogen) atoms. The number of nitrogens with one attached hydrogen (secondary N) is 1. The molecule has 0 unspecified atom stereocenters. The highest BCUT2D eigenvalue weighted by Gasteiger charge is 2.47. The minimum atomic E-state index is -0.814. The molecule has 0 radical (unpaired) electrons. The summed E-state index contributed by atoms with van der Waals surface area (Å²) in [4.78, 5) is 26.2. The highest BCUT2D eigenvalue weighted by atomic mass is 35.5. The molecule has 1 aliphatic heterocycles. The predicted molar refractivity (Wildman–Crippen MR) is 77.7 cm³/mol. The highest BCUT2D eigenvalue weighted by Crippen LogP contribution is 2.35. The number of carbonyl (C=O) groups is 2. The summed E-state index contributed by atoms with van der Waals surface area (Å²) >= 11 is 6.04. The molecular weight excluding hydrogens is 295 g/mol. The molecule has 1 saturated carbocycles. The first-order valence-corrected chi connectivity index (χ1v) is 7.48. The Balaban J connectivity index is 1.97. The van der Waals surface area contributed by atoms with E-state index < -0.39 is 11.4 Å². The fourth-order valence-electron chi connectivity index (χ4n) is 3.22. The average Bonchev–Trinajstić information content (AvgIpc) is 2.44. The van der Waals surface area contributed by atoms with Crippen molar-refractivity contribution in [1.29, 1.82) is 0 Å². The first-order chi connectivity index (χ1) is 10.0. The quantitative estimate of drug-likeness (QED) is 0.867. The standard InChI is InChI=1S/C15H16ClFN2O2/c16-11-8-10(17)4-5-12(11)19-9-13(20)18-15(14(19)21)6-2-1-3-7-15/h4-5,8H,1-3,6-7,9H2,(H,18,20). The van der Waals surface area contributed by atoms with Gasteiger partial charge in [-0.2, -0.15) is 0 Å². The SMILES string of the molecule is O=C1CN(c2ccc(F)cc2Cl)C(=O)C2(CCCCC2)N1. The lowest BCUT2D eigenvalue weighted by Crippen LogP contribution is -2.67. The Morgan fingerprint density at radius 2 is 1.90 bits per heavy atom. The molecule has 1 saturated heterocycles. The third kappa shape index (κ3) is 2.50. The van der Waals surface area contributed by atoms with Crippen LogP contribution in [0.15, 0.2) is 18.2 Å². The Morgan fingerprint density at radius 1 is 1.19 bits per heavy atom. The number of nitrogens with zero attached hydrogens (tertiary/aromatic N) is 1. The van der Waals surface area contributed by atoms with Crippen LogP contribution in [0.2, 0.25) is 5.02 Å². The molecule has 1 aromatic rings. The topological polar surface area (TPSA) is 49.4 Å². The molecule has 0 atom stereocenters. The lowest BCUT2D eigenvalue weighted by molar-refractivity contribution is -0.137. The van der Waals surface area contributed by atoms with E-state index in [0.717, 1.165) is 25.3 Å². The summed E-state index contributed by atoms with van der Waals surface area (Å²) in [6.45, 7) is -0.0774. The third-order valence-corrected chi connectivity index (χ3v) is 4.55. The van der Waals surface area contributed by atoms with Crippen molar-refractivity contribution < 1.29 is 14.0 Å². The van der Waals surface area contributed by atoms with E-state index in [1.807, 2.05) is 0 Å². The second-order valence-corrected chi connectivity index (χ2v) is 6.09. The minimum absolute atomic E-state index is 0.0774. The van der Waals surface area contributed by atoms with Crippen molar-refractivity contribution in [2.45, 2.75) is 37.6 Å². The maximum absolute atomic E-state index is 13.2. The molecule has 6 heteroatoms. The van der Waals surface area contributed by atoms with Crippen LogP contribution >= 0.6 is 11.6 Å². The van der Waals surface area contributed by atoms with Gasteiger partial charge in [-0.15, -0.1) is 0 Å². The largest absolute Gasteiger partial charge is 0.340 e. The molecule has 112 valence electrons. The molecule has 2 aliphatic rings. The van der Waals surface area contributed by atoms with Crippen molar-refractivity contribution >= 4 is 29.1 Å². The van der Waals surface area contributed by atoms with Gasteiger partial charge in [0.15, 0.2) is 0 Å². The Labute approximate surface area is 127 Å². The second-order valence-electron chi connectivity index (χ2n) is 5.68. The monoisotopic (exact) mass is 310 g/mol.